The van der Waals surface area contributed by atoms with Crippen LogP contribution < -0.4 is 10.1 Å². The van der Waals surface area contributed by atoms with Gasteiger partial charge < -0.3 is 10.1 Å². The smallest absolute Gasteiger partial charge is 0.229 e. The summed E-state index contributed by atoms with van der Waals surface area (Å²) in [7, 11) is 1.56. The molecule has 0 aliphatic heterocycles. The molecule has 1 N–H and O–H groups in total. The first-order chi connectivity index (χ1) is 7.17. The summed E-state index contributed by atoms with van der Waals surface area (Å²) in [6.45, 7) is 0.448. The molecule has 1 amide bonds. The molecule has 0 unspecified atom stereocenters. The topological polar surface area (TPSA) is 38.3 Å². The molecular weight excluding hydrogens is 234 g/mol. The third-order valence-corrected chi connectivity index (χ3v) is 2.43. The Morgan fingerprint density at radius 2 is 2.33 bits per heavy atom. The molecule has 1 rings (SSSR count). The Balaban J connectivity index is 2.63. The molecule has 0 fully saturated rings. The zero-order valence-electron chi connectivity index (χ0n) is 8.29. The molecule has 0 saturated heterocycles. The normalized spacial score (nSPS) is 9.80. The molecule has 0 aliphatic rings. The Hall–Kier alpha value is -0.870. The average Bonchev–Trinajstić information content (AvgIpc) is 2.26. The number of methoxy groups -OCH3 is 1. The lowest BCUT2D eigenvalue weighted by atomic mass is 10.2. The van der Waals surface area contributed by atoms with E-state index in [1.54, 1.807) is 19.2 Å². The van der Waals surface area contributed by atoms with E-state index in [4.69, 9.17) is 16.3 Å². The standard InChI is InChI=1S/C10H12ClNO2S/c1-14-9-3-2-7(4-8(9)11)5-12-10(13)6-15/h2-4,15H,5-6H2,1H3,(H,12,13). The first-order valence-corrected chi connectivity index (χ1v) is 5.38. The van der Waals surface area contributed by atoms with Gasteiger partial charge in [0.25, 0.3) is 0 Å². The van der Waals surface area contributed by atoms with E-state index in [-0.39, 0.29) is 11.7 Å². The van der Waals surface area contributed by atoms with Gasteiger partial charge in [0, 0.05) is 6.54 Å². The summed E-state index contributed by atoms with van der Waals surface area (Å²) in [5.41, 5.74) is 0.927. The maximum atomic E-state index is 10.9. The molecule has 5 heteroatoms. The quantitative estimate of drug-likeness (QED) is 0.796. The van der Waals surface area contributed by atoms with Gasteiger partial charge in [-0.25, -0.2) is 0 Å². The molecule has 0 atom stereocenters. The second-order valence-electron chi connectivity index (χ2n) is 2.90. The van der Waals surface area contributed by atoms with E-state index in [2.05, 4.69) is 17.9 Å². The van der Waals surface area contributed by atoms with Crippen LogP contribution in [0.15, 0.2) is 18.2 Å². The van der Waals surface area contributed by atoms with Crippen LogP contribution in [0.1, 0.15) is 5.56 Å². The van der Waals surface area contributed by atoms with Crippen molar-refractivity contribution in [3.05, 3.63) is 28.8 Å². The highest BCUT2D eigenvalue weighted by Gasteiger charge is 2.02. The Morgan fingerprint density at radius 1 is 1.60 bits per heavy atom. The number of hydrogen-bond acceptors (Lipinski definition) is 3. The highest BCUT2D eigenvalue weighted by molar-refractivity contribution is 7.81. The second kappa shape index (κ2) is 5.88. The maximum absolute atomic E-state index is 10.9. The van der Waals surface area contributed by atoms with Crippen LogP contribution in [0.4, 0.5) is 0 Å². The number of thiol groups is 1. The van der Waals surface area contributed by atoms with Crippen molar-refractivity contribution in [1.82, 2.24) is 5.32 Å². The van der Waals surface area contributed by atoms with Gasteiger partial charge in [0.05, 0.1) is 17.9 Å². The van der Waals surface area contributed by atoms with Crippen LogP contribution >= 0.6 is 24.2 Å². The van der Waals surface area contributed by atoms with Crippen molar-refractivity contribution in [2.45, 2.75) is 6.54 Å². The van der Waals surface area contributed by atoms with Crippen LogP contribution in [0.5, 0.6) is 5.75 Å². The monoisotopic (exact) mass is 245 g/mol. The van der Waals surface area contributed by atoms with Gasteiger partial charge in [-0.05, 0) is 17.7 Å². The number of carbonyl (C=O) groups excluding carboxylic acids is 1. The summed E-state index contributed by atoms with van der Waals surface area (Å²) in [6, 6.07) is 5.38. The molecule has 0 aliphatic carbocycles. The molecule has 0 radical (unpaired) electrons. The average molecular weight is 246 g/mol. The van der Waals surface area contributed by atoms with Crippen LogP contribution in [-0.4, -0.2) is 18.8 Å². The Bertz CT molecular complexity index is 357. The Morgan fingerprint density at radius 3 is 2.87 bits per heavy atom. The fourth-order valence-corrected chi connectivity index (χ4v) is 1.47. The van der Waals surface area contributed by atoms with Crippen molar-refractivity contribution in [1.29, 1.82) is 0 Å². The first-order valence-electron chi connectivity index (χ1n) is 4.37. The first kappa shape index (κ1) is 12.2. The zero-order chi connectivity index (χ0) is 11.3. The number of amides is 1. The summed E-state index contributed by atoms with van der Waals surface area (Å²) in [6.07, 6.45) is 0. The summed E-state index contributed by atoms with van der Waals surface area (Å²) in [5, 5.41) is 3.24. The van der Waals surface area contributed by atoms with E-state index in [1.165, 1.54) is 0 Å². The van der Waals surface area contributed by atoms with Gasteiger partial charge in [-0.2, -0.15) is 12.6 Å². The van der Waals surface area contributed by atoms with Crippen LogP contribution in [0.2, 0.25) is 5.02 Å². The number of nitrogens with one attached hydrogen (secondary N) is 1. The minimum atomic E-state index is -0.106. The van der Waals surface area contributed by atoms with Crippen LogP contribution in [-0.2, 0) is 11.3 Å². The second-order valence-corrected chi connectivity index (χ2v) is 3.63. The molecule has 0 aromatic heterocycles. The van der Waals surface area contributed by atoms with Gasteiger partial charge in [-0.1, -0.05) is 17.7 Å². The predicted molar refractivity (Wildman–Crippen MR) is 63.7 cm³/mol. The van der Waals surface area contributed by atoms with Crippen molar-refractivity contribution >= 4 is 30.1 Å². The fraction of sp³-hybridized carbons (Fsp3) is 0.300. The molecule has 0 spiro atoms. The third kappa shape index (κ3) is 3.64. The van der Waals surface area contributed by atoms with Crippen LogP contribution in [0, 0.1) is 0 Å². The summed E-state index contributed by atoms with van der Waals surface area (Å²) >= 11 is 9.78. The van der Waals surface area contributed by atoms with Crippen molar-refractivity contribution in [2.24, 2.45) is 0 Å². The van der Waals surface area contributed by atoms with Crippen molar-refractivity contribution in [3.8, 4) is 5.75 Å². The lowest BCUT2D eigenvalue weighted by molar-refractivity contribution is -0.118. The predicted octanol–water partition coefficient (Wildman–Crippen LogP) is 1.89. The van der Waals surface area contributed by atoms with Crippen LogP contribution in [0.25, 0.3) is 0 Å². The van der Waals surface area contributed by atoms with E-state index < -0.39 is 0 Å². The molecule has 0 bridgehead atoms. The highest BCUT2D eigenvalue weighted by atomic mass is 35.5. The van der Waals surface area contributed by atoms with Gasteiger partial charge in [-0.15, -0.1) is 0 Å². The van der Waals surface area contributed by atoms with E-state index in [0.717, 1.165) is 5.56 Å². The number of hydrogen-bond donors (Lipinski definition) is 2. The molecule has 82 valence electrons. The van der Waals surface area contributed by atoms with E-state index in [0.29, 0.717) is 17.3 Å². The molecule has 15 heavy (non-hydrogen) atoms. The summed E-state index contributed by atoms with van der Waals surface area (Å²) in [4.78, 5) is 10.9. The van der Waals surface area contributed by atoms with Crippen molar-refractivity contribution in [3.63, 3.8) is 0 Å². The van der Waals surface area contributed by atoms with Gasteiger partial charge >= 0.3 is 0 Å². The zero-order valence-corrected chi connectivity index (χ0v) is 9.94. The molecule has 1 aromatic carbocycles. The van der Waals surface area contributed by atoms with Crippen LogP contribution in [0.3, 0.4) is 0 Å². The Labute approximate surface area is 99.2 Å². The fourth-order valence-electron chi connectivity index (χ4n) is 1.08. The number of halogens is 1. The number of rotatable bonds is 4. The SMILES string of the molecule is COc1ccc(CNC(=O)CS)cc1Cl. The number of ether oxygens (including phenoxy) is 1. The maximum Gasteiger partial charge on any atom is 0.229 e. The lowest BCUT2D eigenvalue weighted by Gasteiger charge is -2.06. The number of carbonyl (C=O) groups is 1. The Kier molecular flexibility index (Phi) is 4.78. The van der Waals surface area contributed by atoms with Crippen molar-refractivity contribution < 1.29 is 9.53 Å². The lowest BCUT2D eigenvalue weighted by Crippen LogP contribution is -2.23. The van der Waals surface area contributed by atoms with Gasteiger partial charge in [0.2, 0.25) is 5.91 Å². The molecule has 0 saturated carbocycles. The van der Waals surface area contributed by atoms with Gasteiger partial charge in [0.1, 0.15) is 5.75 Å². The van der Waals surface area contributed by atoms with Gasteiger partial charge in [0.15, 0.2) is 0 Å². The largest absolute Gasteiger partial charge is 0.495 e. The number of benzene rings is 1. The summed E-state index contributed by atoms with van der Waals surface area (Å²) in [5.74, 6) is 0.704. The highest BCUT2D eigenvalue weighted by Crippen LogP contribution is 2.24. The van der Waals surface area contributed by atoms with E-state index in [9.17, 15) is 4.79 Å². The minimum Gasteiger partial charge on any atom is -0.495 e. The molecular formula is C10H12ClNO2S. The van der Waals surface area contributed by atoms with E-state index >= 15 is 0 Å². The molecule has 1 aromatic rings. The van der Waals surface area contributed by atoms with Gasteiger partial charge in [-0.3, -0.25) is 4.79 Å². The van der Waals surface area contributed by atoms with E-state index in [1.807, 2.05) is 6.07 Å². The molecule has 0 heterocycles. The summed E-state index contributed by atoms with van der Waals surface area (Å²) < 4.78 is 5.02. The minimum absolute atomic E-state index is 0.106. The molecule has 3 nitrogen and oxygen atoms in total. The third-order valence-electron chi connectivity index (χ3n) is 1.85. The van der Waals surface area contributed by atoms with Crippen molar-refractivity contribution in [2.75, 3.05) is 12.9 Å².